The molecule has 0 aliphatic rings. The van der Waals surface area contributed by atoms with Crippen molar-refractivity contribution in [3.8, 4) is 0 Å². The minimum Gasteiger partial charge on any atom is -0.451 e. The second-order valence-corrected chi connectivity index (χ2v) is 6.55. The monoisotopic (exact) mass is 337 g/mol. The molecule has 0 aliphatic heterocycles. The van der Waals surface area contributed by atoms with Crippen LogP contribution in [-0.2, 0) is 9.53 Å². The molecule has 0 aliphatic carbocycles. The van der Waals surface area contributed by atoms with Crippen molar-refractivity contribution in [2.45, 2.75) is 19.9 Å². The van der Waals surface area contributed by atoms with Crippen LogP contribution in [0.15, 0.2) is 36.4 Å². The van der Waals surface area contributed by atoms with Crippen LogP contribution in [-0.4, -0.2) is 18.5 Å². The molecule has 0 saturated heterocycles. The molecule has 1 aromatic carbocycles. The minimum absolute atomic E-state index is 0.188. The van der Waals surface area contributed by atoms with Crippen LogP contribution < -0.4 is 5.32 Å². The highest BCUT2D eigenvalue weighted by Crippen LogP contribution is 2.17. The highest BCUT2D eigenvalue weighted by Gasteiger charge is 2.14. The van der Waals surface area contributed by atoms with Crippen LogP contribution in [0.3, 0.4) is 0 Å². The van der Waals surface area contributed by atoms with Crippen molar-refractivity contribution in [1.29, 1.82) is 0 Å². The summed E-state index contributed by atoms with van der Waals surface area (Å²) in [6, 6.07) is 10.5. The fourth-order valence-electron chi connectivity index (χ4n) is 1.86. The van der Waals surface area contributed by atoms with Crippen molar-refractivity contribution in [3.63, 3.8) is 0 Å². The van der Waals surface area contributed by atoms with Gasteiger partial charge in [0.05, 0.1) is 6.04 Å². The van der Waals surface area contributed by atoms with Gasteiger partial charge in [0.15, 0.2) is 6.61 Å². The Morgan fingerprint density at radius 3 is 2.50 bits per heavy atom. The number of hydrogen-bond donors (Lipinski definition) is 1. The topological polar surface area (TPSA) is 55.4 Å². The third kappa shape index (κ3) is 4.58. The standard InChI is InChI=1S/C16H16ClNO3S/c1-10-3-8-14(22-10)16(20)21-9-15(19)18-11(2)12-4-6-13(17)7-5-12/h3-8,11H,9H2,1-2H3,(H,18,19)/t11-/m0/s1. The average Bonchev–Trinajstić information content (AvgIpc) is 2.92. The highest BCUT2D eigenvalue weighted by atomic mass is 35.5. The van der Waals surface area contributed by atoms with Crippen molar-refractivity contribution in [3.05, 3.63) is 56.7 Å². The lowest BCUT2D eigenvalue weighted by Crippen LogP contribution is -2.31. The number of benzene rings is 1. The van der Waals surface area contributed by atoms with E-state index in [0.29, 0.717) is 9.90 Å². The van der Waals surface area contributed by atoms with Gasteiger partial charge >= 0.3 is 5.97 Å². The molecule has 2 rings (SSSR count). The van der Waals surface area contributed by atoms with Gasteiger partial charge in [0.1, 0.15) is 4.88 Å². The Bertz CT molecular complexity index is 666. The van der Waals surface area contributed by atoms with E-state index in [1.54, 1.807) is 18.2 Å². The lowest BCUT2D eigenvalue weighted by Gasteiger charge is -2.14. The van der Waals surface area contributed by atoms with Gasteiger partial charge < -0.3 is 10.1 Å². The first-order chi connectivity index (χ1) is 10.5. The fraction of sp³-hybridized carbons (Fsp3) is 0.250. The van der Waals surface area contributed by atoms with Crippen molar-refractivity contribution >= 4 is 34.8 Å². The SMILES string of the molecule is Cc1ccc(C(=O)OCC(=O)N[C@@H](C)c2ccc(Cl)cc2)s1. The smallest absolute Gasteiger partial charge is 0.348 e. The van der Waals surface area contributed by atoms with Crippen LogP contribution in [0.1, 0.15) is 33.1 Å². The van der Waals surface area contributed by atoms with Gasteiger partial charge in [-0.3, -0.25) is 4.79 Å². The molecule has 1 aromatic heterocycles. The van der Waals surface area contributed by atoms with E-state index in [9.17, 15) is 9.59 Å². The number of nitrogens with one attached hydrogen (secondary N) is 1. The lowest BCUT2D eigenvalue weighted by atomic mass is 10.1. The number of esters is 1. The van der Waals surface area contributed by atoms with Gasteiger partial charge in [0, 0.05) is 9.90 Å². The Morgan fingerprint density at radius 2 is 1.91 bits per heavy atom. The number of halogens is 1. The normalized spacial score (nSPS) is 11.8. The molecule has 116 valence electrons. The van der Waals surface area contributed by atoms with Crippen molar-refractivity contribution < 1.29 is 14.3 Å². The van der Waals surface area contributed by atoms with Crippen molar-refractivity contribution in [1.82, 2.24) is 5.32 Å². The summed E-state index contributed by atoms with van der Waals surface area (Å²) in [4.78, 5) is 25.1. The van der Waals surface area contributed by atoms with Gasteiger partial charge in [-0.15, -0.1) is 11.3 Å². The number of thiophene rings is 1. The van der Waals surface area contributed by atoms with E-state index in [1.165, 1.54) is 11.3 Å². The maximum atomic E-state index is 11.8. The Kier molecular flexibility index (Phi) is 5.57. The zero-order valence-electron chi connectivity index (χ0n) is 12.3. The molecule has 0 unspecified atom stereocenters. The van der Waals surface area contributed by atoms with Gasteiger partial charge in [0.2, 0.25) is 0 Å². The molecule has 0 spiro atoms. The zero-order chi connectivity index (χ0) is 16.1. The number of hydrogen-bond acceptors (Lipinski definition) is 4. The maximum absolute atomic E-state index is 11.8. The Hall–Kier alpha value is -1.85. The Balaban J connectivity index is 1.82. The van der Waals surface area contributed by atoms with Gasteiger partial charge in [-0.25, -0.2) is 4.79 Å². The second kappa shape index (κ2) is 7.42. The van der Waals surface area contributed by atoms with Crippen LogP contribution in [0.5, 0.6) is 0 Å². The molecule has 4 nitrogen and oxygen atoms in total. The number of rotatable bonds is 5. The Labute approximate surface area is 138 Å². The molecule has 1 N–H and O–H groups in total. The summed E-state index contributed by atoms with van der Waals surface area (Å²) < 4.78 is 5.00. The highest BCUT2D eigenvalue weighted by molar-refractivity contribution is 7.13. The molecule has 6 heteroatoms. The molecule has 1 amide bonds. The minimum atomic E-state index is -0.479. The third-order valence-corrected chi connectivity index (χ3v) is 4.26. The molecule has 0 bridgehead atoms. The molecule has 0 fully saturated rings. The van der Waals surface area contributed by atoms with Gasteiger partial charge in [-0.1, -0.05) is 23.7 Å². The molecule has 2 aromatic rings. The first-order valence-electron chi connectivity index (χ1n) is 6.74. The van der Waals surface area contributed by atoms with Gasteiger partial charge in [-0.2, -0.15) is 0 Å². The average molecular weight is 338 g/mol. The maximum Gasteiger partial charge on any atom is 0.348 e. The predicted molar refractivity (Wildman–Crippen MR) is 87.3 cm³/mol. The summed E-state index contributed by atoms with van der Waals surface area (Å²) in [7, 11) is 0. The van der Waals surface area contributed by atoms with Gasteiger partial charge in [0.25, 0.3) is 5.91 Å². The predicted octanol–water partition coefficient (Wildman–Crippen LogP) is 3.74. The summed E-state index contributed by atoms with van der Waals surface area (Å²) in [5.74, 6) is -0.823. The van der Waals surface area contributed by atoms with E-state index in [2.05, 4.69) is 5.32 Å². The molecule has 22 heavy (non-hydrogen) atoms. The van der Waals surface area contributed by atoms with Crippen LogP contribution >= 0.6 is 22.9 Å². The number of aryl methyl sites for hydroxylation is 1. The lowest BCUT2D eigenvalue weighted by molar-refractivity contribution is -0.124. The molecular weight excluding hydrogens is 322 g/mol. The fourth-order valence-corrected chi connectivity index (χ4v) is 2.75. The van der Waals surface area contributed by atoms with E-state index in [4.69, 9.17) is 16.3 Å². The zero-order valence-corrected chi connectivity index (χ0v) is 13.8. The van der Waals surface area contributed by atoms with E-state index in [1.807, 2.05) is 32.0 Å². The van der Waals surface area contributed by atoms with Crippen molar-refractivity contribution in [2.75, 3.05) is 6.61 Å². The number of carbonyl (C=O) groups is 2. The van der Waals surface area contributed by atoms with E-state index >= 15 is 0 Å². The van der Waals surface area contributed by atoms with Crippen LogP contribution in [0.25, 0.3) is 0 Å². The first kappa shape index (κ1) is 16.5. The summed E-state index contributed by atoms with van der Waals surface area (Å²) in [6.07, 6.45) is 0. The largest absolute Gasteiger partial charge is 0.451 e. The number of carbonyl (C=O) groups excluding carboxylic acids is 2. The third-order valence-electron chi connectivity index (χ3n) is 3.02. The van der Waals surface area contributed by atoms with Crippen LogP contribution in [0.4, 0.5) is 0 Å². The number of ether oxygens (including phenoxy) is 1. The Morgan fingerprint density at radius 1 is 1.23 bits per heavy atom. The summed E-state index contributed by atoms with van der Waals surface area (Å²) in [6.45, 7) is 3.46. The van der Waals surface area contributed by atoms with E-state index in [0.717, 1.165) is 10.4 Å². The van der Waals surface area contributed by atoms with Crippen LogP contribution in [0, 0.1) is 6.92 Å². The second-order valence-electron chi connectivity index (χ2n) is 4.83. The number of amides is 1. The first-order valence-corrected chi connectivity index (χ1v) is 7.93. The van der Waals surface area contributed by atoms with Crippen LogP contribution in [0.2, 0.25) is 5.02 Å². The molecule has 0 radical (unpaired) electrons. The summed E-state index contributed by atoms with van der Waals surface area (Å²) in [5, 5.41) is 3.41. The molecular formula is C16H16ClNO3S. The van der Waals surface area contributed by atoms with Crippen molar-refractivity contribution in [2.24, 2.45) is 0 Å². The molecule has 0 saturated carbocycles. The van der Waals surface area contributed by atoms with E-state index < -0.39 is 5.97 Å². The summed E-state index contributed by atoms with van der Waals surface area (Å²) >= 11 is 7.16. The van der Waals surface area contributed by atoms with Gasteiger partial charge in [-0.05, 0) is 43.7 Å². The molecule has 1 atom stereocenters. The molecule has 1 heterocycles. The summed E-state index contributed by atoms with van der Waals surface area (Å²) in [5.41, 5.74) is 0.929. The van der Waals surface area contributed by atoms with E-state index in [-0.39, 0.29) is 18.6 Å². The quantitative estimate of drug-likeness (QED) is 0.845.